The first kappa shape index (κ1) is 21.0. The Morgan fingerprint density at radius 1 is 0.875 bits per heavy atom. The van der Waals surface area contributed by atoms with Gasteiger partial charge in [0.15, 0.2) is 0 Å². The van der Waals surface area contributed by atoms with Gasteiger partial charge in [-0.1, -0.05) is 66.7 Å². The molecule has 1 aliphatic carbocycles. The van der Waals surface area contributed by atoms with E-state index in [0.29, 0.717) is 5.92 Å². The first-order valence-corrected chi connectivity index (χ1v) is 15.1. The van der Waals surface area contributed by atoms with Crippen LogP contribution in [0.1, 0.15) is 38.7 Å². The minimum Gasteiger partial charge on any atom is -0.375 e. The summed E-state index contributed by atoms with van der Waals surface area (Å²) in [7, 11) is 0.367. The van der Waals surface area contributed by atoms with Gasteiger partial charge in [0.25, 0.3) is 5.78 Å². The lowest BCUT2D eigenvalue weighted by Crippen LogP contribution is -2.33. The van der Waals surface area contributed by atoms with Gasteiger partial charge in [-0.25, -0.2) is 0 Å². The van der Waals surface area contributed by atoms with E-state index in [-0.39, 0.29) is 5.92 Å². The highest BCUT2D eigenvalue weighted by atomic mass is 28.4. The van der Waals surface area contributed by atoms with Crippen LogP contribution in [0.5, 0.6) is 0 Å². The van der Waals surface area contributed by atoms with Crippen molar-refractivity contribution in [2.24, 2.45) is 13.0 Å². The van der Waals surface area contributed by atoms with E-state index < -0.39 is 8.32 Å². The number of carbonyl (C=O) groups excluding carboxylic acids is 1. The van der Waals surface area contributed by atoms with E-state index in [1.165, 1.54) is 38.9 Å². The molecule has 3 heteroatoms. The molecule has 0 saturated heterocycles. The SMILES string of the molecule is Cn1cc(C(c2ccccc2)C2CCc3ccccc3C2=[O+][Si](C)(C)C)c2ccccc21. The van der Waals surface area contributed by atoms with E-state index in [9.17, 15) is 0 Å². The lowest BCUT2D eigenvalue weighted by atomic mass is 9.71. The van der Waals surface area contributed by atoms with Crippen molar-refractivity contribution in [1.29, 1.82) is 0 Å². The monoisotopic (exact) mass is 438 g/mol. The molecule has 0 bridgehead atoms. The number of rotatable bonds is 4. The average Bonchev–Trinajstić information content (AvgIpc) is 3.12. The molecule has 2 atom stereocenters. The number of para-hydroxylation sites is 1. The van der Waals surface area contributed by atoms with Crippen molar-refractivity contribution < 1.29 is 4.11 Å². The van der Waals surface area contributed by atoms with Gasteiger partial charge < -0.3 is 8.68 Å². The third kappa shape index (κ3) is 3.86. The van der Waals surface area contributed by atoms with Crippen LogP contribution in [0.2, 0.25) is 19.6 Å². The maximum Gasteiger partial charge on any atom is 0.508 e. The van der Waals surface area contributed by atoms with Crippen LogP contribution in [0.15, 0.2) is 85.1 Å². The van der Waals surface area contributed by atoms with Crippen molar-refractivity contribution in [2.45, 2.75) is 38.4 Å². The van der Waals surface area contributed by atoms with Crippen LogP contribution < -0.4 is 0 Å². The van der Waals surface area contributed by atoms with Gasteiger partial charge in [-0.2, -0.15) is 0 Å². The number of nitrogens with zero attached hydrogens (tertiary/aromatic N) is 1. The number of aromatic nitrogens is 1. The second kappa shape index (κ2) is 8.21. The third-order valence-electron chi connectivity index (χ3n) is 6.58. The number of ketones is 1. The Morgan fingerprint density at radius 3 is 2.34 bits per heavy atom. The summed E-state index contributed by atoms with van der Waals surface area (Å²) in [5, 5.41) is 1.34. The van der Waals surface area contributed by atoms with Crippen molar-refractivity contribution in [2.75, 3.05) is 0 Å². The highest BCUT2D eigenvalue weighted by molar-refractivity contribution is 6.68. The summed E-state index contributed by atoms with van der Waals surface area (Å²) in [5.74, 6) is 1.76. The molecule has 1 aromatic heterocycles. The molecule has 2 unspecified atom stereocenters. The molecule has 3 aromatic carbocycles. The molecule has 162 valence electrons. The number of fused-ring (bicyclic) bond motifs is 2. The molecule has 0 saturated carbocycles. The predicted octanol–water partition coefficient (Wildman–Crippen LogP) is 7.13. The standard InChI is InChI=1S/C29H32NOSi/c1-30-20-26(24-16-10-11-17-27(24)30)28(22-13-6-5-7-14-22)25-19-18-21-12-8-9-15-23(21)29(25)31-32(2,3)4/h5-17,20,25,28H,18-19H2,1-4H3/q+1. The minimum absolute atomic E-state index is 0.252. The third-order valence-corrected chi connectivity index (χ3v) is 7.42. The summed E-state index contributed by atoms with van der Waals surface area (Å²) in [4.78, 5) is 0. The zero-order valence-electron chi connectivity index (χ0n) is 19.5. The summed E-state index contributed by atoms with van der Waals surface area (Å²) < 4.78 is 9.18. The van der Waals surface area contributed by atoms with E-state index >= 15 is 0 Å². The lowest BCUT2D eigenvalue weighted by Gasteiger charge is -2.29. The molecule has 0 spiro atoms. The van der Waals surface area contributed by atoms with Crippen molar-refractivity contribution in [3.8, 4) is 0 Å². The number of hydrogen-bond donors (Lipinski definition) is 0. The normalized spacial score (nSPS) is 18.6. The maximum atomic E-state index is 6.91. The van der Waals surface area contributed by atoms with Gasteiger partial charge in [0.05, 0.1) is 11.5 Å². The van der Waals surface area contributed by atoms with E-state index in [1.54, 1.807) is 0 Å². The molecule has 1 aliphatic rings. The maximum absolute atomic E-state index is 6.91. The van der Waals surface area contributed by atoms with E-state index in [1.807, 2.05) is 0 Å². The first-order valence-electron chi connectivity index (χ1n) is 11.7. The molecule has 0 amide bonds. The van der Waals surface area contributed by atoms with Crippen LogP contribution in [0.3, 0.4) is 0 Å². The molecule has 4 aromatic rings. The largest absolute Gasteiger partial charge is 0.508 e. The van der Waals surface area contributed by atoms with Crippen molar-refractivity contribution in [3.05, 3.63) is 107 Å². The Hall–Kier alpha value is -2.91. The second-order valence-corrected chi connectivity index (χ2v) is 14.4. The van der Waals surface area contributed by atoms with Crippen molar-refractivity contribution in [3.63, 3.8) is 0 Å². The molecule has 1 heterocycles. The Balaban J connectivity index is 1.75. The Morgan fingerprint density at radius 2 is 1.56 bits per heavy atom. The molecule has 0 aliphatic heterocycles. The molecule has 0 fully saturated rings. The van der Waals surface area contributed by atoms with Gasteiger partial charge >= 0.3 is 8.32 Å². The topological polar surface area (TPSA) is 16.2 Å². The Kier molecular flexibility index (Phi) is 5.38. The van der Waals surface area contributed by atoms with Crippen molar-refractivity contribution in [1.82, 2.24) is 4.57 Å². The smallest absolute Gasteiger partial charge is 0.375 e. The summed E-state index contributed by atoms with van der Waals surface area (Å²) >= 11 is 0. The van der Waals surface area contributed by atoms with Crippen LogP contribution in [0.4, 0.5) is 0 Å². The lowest BCUT2D eigenvalue weighted by molar-refractivity contribution is -0.107. The van der Waals surface area contributed by atoms with Gasteiger partial charge in [-0.3, -0.25) is 0 Å². The summed E-state index contributed by atoms with van der Waals surface area (Å²) in [6.45, 7) is 6.89. The van der Waals surface area contributed by atoms with Gasteiger partial charge in [-0.15, -0.1) is 0 Å². The Labute approximate surface area is 192 Å². The average molecular weight is 439 g/mol. The highest BCUT2D eigenvalue weighted by Gasteiger charge is 2.43. The molecule has 32 heavy (non-hydrogen) atoms. The first-order chi connectivity index (χ1) is 15.4. The fourth-order valence-corrected chi connectivity index (χ4v) is 6.23. The van der Waals surface area contributed by atoms with Crippen LogP contribution in [0, 0.1) is 5.92 Å². The molecule has 2 nitrogen and oxygen atoms in total. The minimum atomic E-state index is -1.79. The highest BCUT2D eigenvalue weighted by Crippen LogP contribution is 2.43. The van der Waals surface area contributed by atoms with Gasteiger partial charge in [0, 0.05) is 49.7 Å². The zero-order valence-corrected chi connectivity index (χ0v) is 20.5. The summed E-state index contributed by atoms with van der Waals surface area (Å²) in [5.41, 5.74) is 6.78. The van der Waals surface area contributed by atoms with Gasteiger partial charge in [-0.05, 0) is 41.7 Å². The number of hydrogen-bond acceptors (Lipinski definition) is 0. The van der Waals surface area contributed by atoms with E-state index in [0.717, 1.165) is 12.8 Å². The Bertz CT molecular complexity index is 1280. The predicted molar refractivity (Wildman–Crippen MR) is 137 cm³/mol. The van der Waals surface area contributed by atoms with Crippen LogP contribution in [0.25, 0.3) is 10.9 Å². The quantitative estimate of drug-likeness (QED) is 0.238. The molecule has 5 rings (SSSR count). The fraction of sp³-hybridized carbons (Fsp3) is 0.276. The van der Waals surface area contributed by atoms with Crippen LogP contribution in [-0.4, -0.2) is 18.7 Å². The van der Waals surface area contributed by atoms with Gasteiger partial charge in [0.1, 0.15) is 0 Å². The molecule has 0 N–H and O–H groups in total. The number of aryl methyl sites for hydroxylation is 2. The van der Waals surface area contributed by atoms with Crippen LogP contribution in [-0.2, 0) is 13.5 Å². The van der Waals surface area contributed by atoms with Gasteiger partial charge in [0.2, 0.25) is 0 Å². The fourth-order valence-electron chi connectivity index (χ4n) is 5.31. The number of benzene rings is 3. The molecule has 0 radical (unpaired) electrons. The second-order valence-electron chi connectivity index (χ2n) is 9.98. The van der Waals surface area contributed by atoms with E-state index in [2.05, 4.69) is 116 Å². The van der Waals surface area contributed by atoms with E-state index in [4.69, 9.17) is 4.11 Å². The van der Waals surface area contributed by atoms with Crippen LogP contribution >= 0.6 is 0 Å². The zero-order chi connectivity index (χ0) is 22.3. The molecular formula is C29H32NOSi+. The molecular weight excluding hydrogens is 406 g/mol. The summed E-state index contributed by atoms with van der Waals surface area (Å²) in [6.07, 6.45) is 4.53. The summed E-state index contributed by atoms with van der Waals surface area (Å²) in [6, 6.07) is 28.7. The van der Waals surface area contributed by atoms with Crippen molar-refractivity contribution >= 4 is 25.0 Å².